The van der Waals surface area contributed by atoms with Crippen LogP contribution in [0.4, 0.5) is 17.8 Å². The lowest BCUT2D eigenvalue weighted by atomic mass is 10.2. The molecule has 8 heteroatoms. The number of aromatic nitrogens is 3. The van der Waals surface area contributed by atoms with E-state index in [9.17, 15) is 0 Å². The van der Waals surface area contributed by atoms with Crippen LogP contribution in [0.15, 0.2) is 0 Å². The lowest BCUT2D eigenvalue weighted by Crippen LogP contribution is -2.46. The summed E-state index contributed by atoms with van der Waals surface area (Å²) in [4.78, 5) is 18.7. The number of hydrogen-bond acceptors (Lipinski definition) is 8. The van der Waals surface area contributed by atoms with Crippen molar-refractivity contribution in [2.24, 2.45) is 0 Å². The van der Waals surface area contributed by atoms with Crippen LogP contribution in [-0.2, 0) is 0 Å². The fourth-order valence-corrected chi connectivity index (χ4v) is 3.20. The van der Waals surface area contributed by atoms with Crippen molar-refractivity contribution in [2.45, 2.75) is 32.6 Å². The maximum absolute atomic E-state index is 4.77. The lowest BCUT2D eigenvalue weighted by Gasteiger charge is -2.30. The van der Waals surface area contributed by atoms with Crippen LogP contribution in [-0.4, -0.2) is 73.9 Å². The molecular weight excluding hydrogens is 316 g/mol. The number of piperazine rings is 2. The number of hydrogen-bond donors (Lipinski definition) is 3. The predicted molar refractivity (Wildman–Crippen MR) is 103 cm³/mol. The van der Waals surface area contributed by atoms with Crippen LogP contribution < -0.4 is 25.8 Å². The number of anilines is 3. The van der Waals surface area contributed by atoms with Crippen LogP contribution >= 0.6 is 0 Å². The van der Waals surface area contributed by atoms with E-state index < -0.39 is 0 Å². The van der Waals surface area contributed by atoms with E-state index in [0.717, 1.165) is 77.2 Å². The second-order valence-electron chi connectivity index (χ2n) is 6.72. The van der Waals surface area contributed by atoms with Crippen molar-refractivity contribution in [3.05, 3.63) is 0 Å². The largest absolute Gasteiger partial charge is 0.354 e. The zero-order valence-electron chi connectivity index (χ0n) is 15.4. The van der Waals surface area contributed by atoms with Gasteiger partial charge in [-0.15, -0.1) is 0 Å². The molecule has 0 amide bonds. The molecule has 0 unspecified atom stereocenters. The highest BCUT2D eigenvalue weighted by Crippen LogP contribution is 2.17. The molecule has 3 heterocycles. The third kappa shape index (κ3) is 5.40. The Bertz CT molecular complexity index is 475. The average molecular weight is 348 g/mol. The standard InChI is InChI=1S/C17H32N8/c1-2-3-4-5-6-20-15-21-16(24-11-7-18-8-12-24)23-17(22-15)25-13-9-19-10-14-25/h18-19H,2-14H2,1H3,(H,20,21,22,23). The Morgan fingerprint density at radius 3 is 1.88 bits per heavy atom. The highest BCUT2D eigenvalue weighted by molar-refractivity contribution is 5.46. The Kier molecular flexibility index (Phi) is 7.05. The maximum atomic E-state index is 4.77. The molecule has 0 radical (unpaired) electrons. The van der Waals surface area contributed by atoms with E-state index in [1.165, 1.54) is 19.3 Å². The normalized spacial score (nSPS) is 18.4. The molecule has 0 bridgehead atoms. The van der Waals surface area contributed by atoms with Gasteiger partial charge in [0, 0.05) is 58.9 Å². The third-order valence-electron chi connectivity index (χ3n) is 4.72. The van der Waals surface area contributed by atoms with Gasteiger partial charge in [0.1, 0.15) is 0 Å². The SMILES string of the molecule is CCCCCCNc1nc(N2CCNCC2)nc(N2CCNCC2)n1. The molecular formula is C17H32N8. The maximum Gasteiger partial charge on any atom is 0.232 e. The highest BCUT2D eigenvalue weighted by atomic mass is 15.4. The molecule has 0 aromatic carbocycles. The molecule has 1 aromatic heterocycles. The molecule has 25 heavy (non-hydrogen) atoms. The van der Waals surface area contributed by atoms with Crippen molar-refractivity contribution in [3.8, 4) is 0 Å². The molecule has 0 spiro atoms. The number of rotatable bonds is 8. The van der Waals surface area contributed by atoms with Gasteiger partial charge in [-0.1, -0.05) is 26.2 Å². The molecule has 3 rings (SSSR count). The van der Waals surface area contributed by atoms with E-state index in [1.54, 1.807) is 0 Å². The van der Waals surface area contributed by atoms with E-state index in [1.807, 2.05) is 0 Å². The summed E-state index contributed by atoms with van der Waals surface area (Å²) in [7, 11) is 0. The van der Waals surface area contributed by atoms with Crippen molar-refractivity contribution in [3.63, 3.8) is 0 Å². The first-order valence-electron chi connectivity index (χ1n) is 9.78. The molecule has 140 valence electrons. The smallest absolute Gasteiger partial charge is 0.232 e. The fraction of sp³-hybridized carbons (Fsp3) is 0.824. The van der Waals surface area contributed by atoms with Gasteiger partial charge in [0.15, 0.2) is 0 Å². The van der Waals surface area contributed by atoms with Gasteiger partial charge in [-0.3, -0.25) is 0 Å². The Labute approximate surface area is 150 Å². The van der Waals surface area contributed by atoms with E-state index >= 15 is 0 Å². The Balaban J connectivity index is 1.70. The summed E-state index contributed by atoms with van der Waals surface area (Å²) in [5.74, 6) is 2.33. The first-order valence-corrected chi connectivity index (χ1v) is 9.78. The predicted octanol–water partition coefficient (Wildman–Crippen LogP) is 0.683. The van der Waals surface area contributed by atoms with Gasteiger partial charge < -0.3 is 25.8 Å². The van der Waals surface area contributed by atoms with Crippen LogP contribution in [0.25, 0.3) is 0 Å². The summed E-state index contributed by atoms with van der Waals surface area (Å²) in [5, 5.41) is 10.2. The zero-order chi connectivity index (χ0) is 17.3. The first-order chi connectivity index (χ1) is 12.4. The first kappa shape index (κ1) is 18.1. The van der Waals surface area contributed by atoms with Gasteiger partial charge in [0.25, 0.3) is 0 Å². The van der Waals surface area contributed by atoms with Gasteiger partial charge in [0.05, 0.1) is 0 Å². The van der Waals surface area contributed by atoms with Gasteiger partial charge >= 0.3 is 0 Å². The molecule has 2 fully saturated rings. The second-order valence-corrected chi connectivity index (χ2v) is 6.72. The molecule has 2 saturated heterocycles. The Hall–Kier alpha value is -1.67. The minimum absolute atomic E-state index is 0.716. The molecule has 8 nitrogen and oxygen atoms in total. The van der Waals surface area contributed by atoms with Gasteiger partial charge in [-0.2, -0.15) is 15.0 Å². The second kappa shape index (κ2) is 9.72. The highest BCUT2D eigenvalue weighted by Gasteiger charge is 2.19. The molecule has 2 aliphatic rings. The van der Waals surface area contributed by atoms with Crippen molar-refractivity contribution >= 4 is 17.8 Å². The van der Waals surface area contributed by atoms with Crippen molar-refractivity contribution in [1.29, 1.82) is 0 Å². The number of nitrogens with zero attached hydrogens (tertiary/aromatic N) is 5. The van der Waals surface area contributed by atoms with Crippen molar-refractivity contribution in [1.82, 2.24) is 25.6 Å². The van der Waals surface area contributed by atoms with E-state index in [2.05, 4.69) is 32.7 Å². The minimum atomic E-state index is 0.716. The molecule has 0 aliphatic carbocycles. The monoisotopic (exact) mass is 348 g/mol. The summed E-state index contributed by atoms with van der Waals surface area (Å²) in [6.45, 7) is 10.9. The summed E-state index contributed by atoms with van der Waals surface area (Å²) in [6, 6.07) is 0. The Morgan fingerprint density at radius 2 is 1.36 bits per heavy atom. The number of nitrogens with one attached hydrogen (secondary N) is 3. The van der Waals surface area contributed by atoms with E-state index in [-0.39, 0.29) is 0 Å². The van der Waals surface area contributed by atoms with E-state index in [0.29, 0.717) is 5.95 Å². The fourth-order valence-electron chi connectivity index (χ4n) is 3.20. The van der Waals surface area contributed by atoms with E-state index in [4.69, 9.17) is 15.0 Å². The quantitative estimate of drug-likeness (QED) is 0.592. The summed E-state index contributed by atoms with van der Waals surface area (Å²) >= 11 is 0. The Morgan fingerprint density at radius 1 is 0.800 bits per heavy atom. The van der Waals surface area contributed by atoms with Gasteiger partial charge in [-0.05, 0) is 6.42 Å². The average Bonchev–Trinajstić information content (AvgIpc) is 2.69. The van der Waals surface area contributed by atoms with Crippen molar-refractivity contribution < 1.29 is 0 Å². The van der Waals surface area contributed by atoms with Crippen LogP contribution in [0.1, 0.15) is 32.6 Å². The molecule has 0 atom stereocenters. The van der Waals surface area contributed by atoms with Crippen LogP contribution in [0.5, 0.6) is 0 Å². The van der Waals surface area contributed by atoms with Crippen LogP contribution in [0.3, 0.4) is 0 Å². The molecule has 0 saturated carbocycles. The summed E-state index contributed by atoms with van der Waals surface area (Å²) in [5.41, 5.74) is 0. The summed E-state index contributed by atoms with van der Waals surface area (Å²) in [6.07, 6.45) is 4.96. The van der Waals surface area contributed by atoms with Gasteiger partial charge in [-0.25, -0.2) is 0 Å². The third-order valence-corrected chi connectivity index (χ3v) is 4.72. The van der Waals surface area contributed by atoms with Crippen LogP contribution in [0, 0.1) is 0 Å². The van der Waals surface area contributed by atoms with Crippen LogP contribution in [0.2, 0.25) is 0 Å². The molecule has 2 aliphatic heterocycles. The van der Waals surface area contributed by atoms with Crippen molar-refractivity contribution in [2.75, 3.05) is 74.0 Å². The topological polar surface area (TPSA) is 81.2 Å². The summed E-state index contributed by atoms with van der Waals surface area (Å²) < 4.78 is 0. The minimum Gasteiger partial charge on any atom is -0.354 e. The lowest BCUT2D eigenvalue weighted by molar-refractivity contribution is 0.568. The molecule has 1 aromatic rings. The zero-order valence-corrected chi connectivity index (χ0v) is 15.4. The molecule has 3 N–H and O–H groups in total. The number of unbranched alkanes of at least 4 members (excludes halogenated alkanes) is 3. The van der Waals surface area contributed by atoms with Gasteiger partial charge in [0.2, 0.25) is 17.8 Å².